The molecule has 2 aromatic rings. The molecule has 4 heteroatoms. The van der Waals surface area contributed by atoms with E-state index in [9.17, 15) is 0 Å². The highest BCUT2D eigenvalue weighted by Crippen LogP contribution is 2.43. The number of aromatic nitrogens is 1. The van der Waals surface area contributed by atoms with Gasteiger partial charge in [0.1, 0.15) is 18.1 Å². The van der Waals surface area contributed by atoms with Crippen molar-refractivity contribution < 1.29 is 9.47 Å². The molecule has 2 fully saturated rings. The van der Waals surface area contributed by atoms with E-state index in [1.54, 1.807) is 7.11 Å². The van der Waals surface area contributed by atoms with Crippen LogP contribution in [0.2, 0.25) is 0 Å². The van der Waals surface area contributed by atoms with E-state index in [1.165, 1.54) is 24.8 Å². The van der Waals surface area contributed by atoms with Crippen LogP contribution in [-0.4, -0.2) is 35.7 Å². The van der Waals surface area contributed by atoms with Gasteiger partial charge in [0.05, 0.1) is 7.11 Å². The molecule has 24 heavy (non-hydrogen) atoms. The molecule has 0 radical (unpaired) electrons. The number of methoxy groups -OCH3 is 1. The average molecular weight is 324 g/mol. The van der Waals surface area contributed by atoms with Crippen molar-refractivity contribution >= 4 is 0 Å². The summed E-state index contributed by atoms with van der Waals surface area (Å²) in [4.78, 5) is 6.77. The normalized spacial score (nSPS) is 25.8. The summed E-state index contributed by atoms with van der Waals surface area (Å²) >= 11 is 0. The number of benzene rings is 1. The van der Waals surface area contributed by atoms with Gasteiger partial charge in [0.2, 0.25) is 0 Å². The smallest absolute Gasteiger partial charge is 0.123 e. The molecule has 1 aliphatic heterocycles. The number of piperidine rings is 1. The van der Waals surface area contributed by atoms with Gasteiger partial charge in [-0.2, -0.15) is 0 Å². The lowest BCUT2D eigenvalue weighted by Gasteiger charge is -2.35. The van der Waals surface area contributed by atoms with Gasteiger partial charge in [0, 0.05) is 37.1 Å². The fourth-order valence-electron chi connectivity index (χ4n) is 4.23. The molecule has 2 heterocycles. The highest BCUT2D eigenvalue weighted by Gasteiger charge is 2.45. The van der Waals surface area contributed by atoms with Gasteiger partial charge in [-0.05, 0) is 55.0 Å². The molecule has 2 unspecified atom stereocenters. The van der Waals surface area contributed by atoms with Gasteiger partial charge in [-0.3, -0.25) is 9.88 Å². The van der Waals surface area contributed by atoms with Crippen molar-refractivity contribution in [1.29, 1.82) is 0 Å². The maximum Gasteiger partial charge on any atom is 0.123 e. The summed E-state index contributed by atoms with van der Waals surface area (Å²) < 4.78 is 11.4. The summed E-state index contributed by atoms with van der Waals surface area (Å²) in [5.41, 5.74) is 1.34. The summed E-state index contributed by atoms with van der Waals surface area (Å²) in [5.74, 6) is 2.50. The van der Waals surface area contributed by atoms with Crippen LogP contribution in [0.25, 0.3) is 0 Å². The molecule has 4 rings (SSSR count). The number of pyridine rings is 1. The Morgan fingerprint density at radius 2 is 1.96 bits per heavy atom. The molecule has 126 valence electrons. The third kappa shape index (κ3) is 3.11. The standard InChI is InChI=1S/C20H24N2O2/c1-23-18-3-2-4-19(12-18)24-14-20-16-5-6-17(11-16)22(20)13-15-7-9-21-10-8-15/h2-4,7-10,12,16-17,20H,5-6,11,13-14H2,1H3/t16?,17?,20-/m1/s1. The lowest BCUT2D eigenvalue weighted by atomic mass is 9.99. The number of ether oxygens (including phenoxy) is 2. The fraction of sp³-hybridized carbons (Fsp3) is 0.450. The Labute approximate surface area is 143 Å². The third-order valence-electron chi connectivity index (χ3n) is 5.46. The first-order valence-electron chi connectivity index (χ1n) is 8.75. The van der Waals surface area contributed by atoms with Gasteiger partial charge in [0.15, 0.2) is 0 Å². The summed E-state index contributed by atoms with van der Waals surface area (Å²) in [7, 11) is 1.69. The zero-order chi connectivity index (χ0) is 16.4. The van der Waals surface area contributed by atoms with Crippen LogP contribution in [0, 0.1) is 5.92 Å². The first-order chi connectivity index (χ1) is 11.8. The summed E-state index contributed by atoms with van der Waals surface area (Å²) in [6.45, 7) is 1.75. The third-order valence-corrected chi connectivity index (χ3v) is 5.46. The van der Waals surface area contributed by atoms with E-state index in [1.807, 2.05) is 36.7 Å². The van der Waals surface area contributed by atoms with Crippen molar-refractivity contribution in [1.82, 2.24) is 9.88 Å². The van der Waals surface area contributed by atoms with Crippen molar-refractivity contribution in [2.75, 3.05) is 13.7 Å². The molecule has 0 spiro atoms. The number of likely N-dealkylation sites (tertiary alicyclic amines) is 1. The molecule has 1 aromatic heterocycles. The molecule has 0 amide bonds. The lowest BCUT2D eigenvalue weighted by molar-refractivity contribution is 0.0866. The van der Waals surface area contributed by atoms with Crippen LogP contribution in [-0.2, 0) is 6.54 Å². The second-order valence-electron chi connectivity index (χ2n) is 6.81. The maximum atomic E-state index is 6.12. The first kappa shape index (κ1) is 15.5. The maximum absolute atomic E-state index is 6.12. The number of hydrogen-bond acceptors (Lipinski definition) is 4. The van der Waals surface area contributed by atoms with E-state index in [2.05, 4.69) is 22.0 Å². The SMILES string of the molecule is COc1cccc(OC[C@@H]2C3CCC(C3)N2Cc2ccncc2)c1. The number of hydrogen-bond donors (Lipinski definition) is 0. The van der Waals surface area contributed by atoms with Crippen LogP contribution >= 0.6 is 0 Å². The van der Waals surface area contributed by atoms with E-state index in [-0.39, 0.29) is 0 Å². The molecule has 1 aromatic carbocycles. The molecule has 4 nitrogen and oxygen atoms in total. The number of nitrogens with zero attached hydrogens (tertiary/aromatic N) is 2. The second kappa shape index (κ2) is 6.81. The van der Waals surface area contributed by atoms with E-state index in [0.29, 0.717) is 12.1 Å². The van der Waals surface area contributed by atoms with E-state index >= 15 is 0 Å². The molecule has 1 saturated heterocycles. The Balaban J connectivity index is 1.44. The Hall–Kier alpha value is -2.07. The Morgan fingerprint density at radius 1 is 1.12 bits per heavy atom. The van der Waals surface area contributed by atoms with Crippen molar-refractivity contribution in [3.8, 4) is 11.5 Å². The topological polar surface area (TPSA) is 34.6 Å². The largest absolute Gasteiger partial charge is 0.497 e. The molecular weight excluding hydrogens is 300 g/mol. The predicted molar refractivity (Wildman–Crippen MR) is 93.2 cm³/mol. The second-order valence-corrected chi connectivity index (χ2v) is 6.81. The monoisotopic (exact) mass is 324 g/mol. The number of fused-ring (bicyclic) bond motifs is 2. The van der Waals surface area contributed by atoms with Crippen LogP contribution in [0.5, 0.6) is 11.5 Å². The molecule has 1 saturated carbocycles. The number of rotatable bonds is 6. The Bertz CT molecular complexity index is 676. The van der Waals surface area contributed by atoms with Gasteiger partial charge < -0.3 is 9.47 Å². The Morgan fingerprint density at radius 3 is 2.79 bits per heavy atom. The summed E-state index contributed by atoms with van der Waals surface area (Å²) in [5, 5.41) is 0. The predicted octanol–water partition coefficient (Wildman–Crippen LogP) is 3.52. The summed E-state index contributed by atoms with van der Waals surface area (Å²) in [6, 6.07) is 13.3. The van der Waals surface area contributed by atoms with Crippen molar-refractivity contribution in [2.24, 2.45) is 5.92 Å². The van der Waals surface area contributed by atoms with Crippen LogP contribution in [0.3, 0.4) is 0 Å². The minimum Gasteiger partial charge on any atom is -0.497 e. The van der Waals surface area contributed by atoms with Gasteiger partial charge in [-0.1, -0.05) is 6.07 Å². The summed E-state index contributed by atoms with van der Waals surface area (Å²) in [6.07, 6.45) is 7.74. The first-order valence-corrected chi connectivity index (χ1v) is 8.75. The van der Waals surface area contributed by atoms with E-state index in [0.717, 1.165) is 30.6 Å². The van der Waals surface area contributed by atoms with Crippen molar-refractivity contribution in [3.05, 3.63) is 54.4 Å². The van der Waals surface area contributed by atoms with Gasteiger partial charge in [-0.25, -0.2) is 0 Å². The average Bonchev–Trinajstić information content (AvgIpc) is 3.23. The quantitative estimate of drug-likeness (QED) is 0.814. The zero-order valence-electron chi connectivity index (χ0n) is 14.1. The highest BCUT2D eigenvalue weighted by molar-refractivity contribution is 5.32. The zero-order valence-corrected chi connectivity index (χ0v) is 14.1. The minimum absolute atomic E-state index is 0.503. The van der Waals surface area contributed by atoms with Crippen molar-refractivity contribution in [2.45, 2.75) is 37.9 Å². The molecular formula is C20H24N2O2. The van der Waals surface area contributed by atoms with E-state index < -0.39 is 0 Å². The van der Waals surface area contributed by atoms with Gasteiger partial charge in [0.25, 0.3) is 0 Å². The molecule has 2 bridgehead atoms. The molecule has 1 aliphatic carbocycles. The van der Waals surface area contributed by atoms with Gasteiger partial charge in [-0.15, -0.1) is 0 Å². The lowest BCUT2D eigenvalue weighted by Crippen LogP contribution is -2.43. The van der Waals surface area contributed by atoms with Crippen LogP contribution in [0.1, 0.15) is 24.8 Å². The highest BCUT2D eigenvalue weighted by atomic mass is 16.5. The van der Waals surface area contributed by atoms with E-state index in [4.69, 9.17) is 9.47 Å². The fourth-order valence-corrected chi connectivity index (χ4v) is 4.23. The minimum atomic E-state index is 0.503. The molecule has 3 atom stereocenters. The van der Waals surface area contributed by atoms with Crippen LogP contribution < -0.4 is 9.47 Å². The Kier molecular flexibility index (Phi) is 4.39. The molecule has 2 aliphatic rings. The van der Waals surface area contributed by atoms with Gasteiger partial charge >= 0.3 is 0 Å². The van der Waals surface area contributed by atoms with Crippen LogP contribution in [0.4, 0.5) is 0 Å². The van der Waals surface area contributed by atoms with Crippen molar-refractivity contribution in [3.63, 3.8) is 0 Å². The molecule has 0 N–H and O–H groups in total. The van der Waals surface area contributed by atoms with Crippen LogP contribution in [0.15, 0.2) is 48.8 Å².